The van der Waals surface area contributed by atoms with Gasteiger partial charge in [0.15, 0.2) is 11.0 Å². The van der Waals surface area contributed by atoms with E-state index in [1.807, 2.05) is 23.6 Å². The number of fused-ring (bicyclic) bond motifs is 1. The van der Waals surface area contributed by atoms with Crippen molar-refractivity contribution >= 4 is 28.5 Å². The van der Waals surface area contributed by atoms with Gasteiger partial charge in [-0.1, -0.05) is 23.7 Å². The zero-order valence-corrected chi connectivity index (χ0v) is 10.4. The normalized spacial score (nSPS) is 11.1. The molecule has 0 aliphatic heterocycles. The Balaban J connectivity index is 2.16. The summed E-state index contributed by atoms with van der Waals surface area (Å²) >= 11 is 7.71. The minimum Gasteiger partial charge on any atom is -0.494 e. The number of aromatic nitrogens is 2. The van der Waals surface area contributed by atoms with Crippen LogP contribution in [0.4, 0.5) is 0 Å². The SMILES string of the molecule is Oc1cccc2c(Cl)nc(Cc3cccs3)n12. The molecule has 5 heteroatoms. The molecule has 3 heterocycles. The predicted molar refractivity (Wildman–Crippen MR) is 69.0 cm³/mol. The molecule has 0 bridgehead atoms. The lowest BCUT2D eigenvalue weighted by atomic mass is 10.3. The van der Waals surface area contributed by atoms with E-state index in [1.54, 1.807) is 27.9 Å². The summed E-state index contributed by atoms with van der Waals surface area (Å²) in [6.07, 6.45) is 0.670. The van der Waals surface area contributed by atoms with Gasteiger partial charge in [-0.15, -0.1) is 11.3 Å². The summed E-state index contributed by atoms with van der Waals surface area (Å²) in [6, 6.07) is 9.26. The molecule has 0 radical (unpaired) electrons. The monoisotopic (exact) mass is 264 g/mol. The van der Waals surface area contributed by atoms with Crippen LogP contribution < -0.4 is 0 Å². The van der Waals surface area contributed by atoms with Crippen LogP contribution >= 0.6 is 22.9 Å². The molecule has 0 aliphatic rings. The second kappa shape index (κ2) is 4.05. The van der Waals surface area contributed by atoms with Crippen molar-refractivity contribution in [3.8, 4) is 5.88 Å². The third kappa shape index (κ3) is 1.79. The first-order chi connectivity index (χ1) is 8.25. The second-order valence-corrected chi connectivity index (χ2v) is 5.07. The van der Waals surface area contributed by atoms with E-state index in [2.05, 4.69) is 4.98 Å². The average Bonchev–Trinajstić information content (AvgIpc) is 2.90. The molecule has 0 saturated heterocycles. The van der Waals surface area contributed by atoms with Gasteiger partial charge < -0.3 is 5.11 Å². The van der Waals surface area contributed by atoms with E-state index in [0.717, 1.165) is 11.3 Å². The number of aromatic hydroxyl groups is 1. The largest absolute Gasteiger partial charge is 0.494 e. The average molecular weight is 265 g/mol. The van der Waals surface area contributed by atoms with Gasteiger partial charge in [-0.2, -0.15) is 0 Å². The highest BCUT2D eigenvalue weighted by atomic mass is 35.5. The number of hydrogen-bond acceptors (Lipinski definition) is 3. The number of rotatable bonds is 2. The van der Waals surface area contributed by atoms with Crippen molar-refractivity contribution < 1.29 is 5.11 Å². The maximum atomic E-state index is 9.86. The molecule has 0 aromatic carbocycles. The van der Waals surface area contributed by atoms with Crippen LogP contribution in [0, 0.1) is 0 Å². The van der Waals surface area contributed by atoms with Gasteiger partial charge in [0.05, 0.1) is 5.52 Å². The van der Waals surface area contributed by atoms with E-state index < -0.39 is 0 Å². The fraction of sp³-hybridized carbons (Fsp3) is 0.0833. The molecule has 0 atom stereocenters. The van der Waals surface area contributed by atoms with E-state index in [9.17, 15) is 5.11 Å². The van der Waals surface area contributed by atoms with Crippen LogP contribution in [0.25, 0.3) is 5.52 Å². The van der Waals surface area contributed by atoms with Crippen molar-refractivity contribution in [2.75, 3.05) is 0 Å². The van der Waals surface area contributed by atoms with E-state index in [-0.39, 0.29) is 5.88 Å². The first-order valence-corrected chi connectivity index (χ1v) is 6.38. The van der Waals surface area contributed by atoms with Crippen LogP contribution in [0.5, 0.6) is 5.88 Å². The fourth-order valence-corrected chi connectivity index (χ4v) is 2.78. The maximum absolute atomic E-state index is 9.86. The van der Waals surface area contributed by atoms with Crippen LogP contribution in [0.2, 0.25) is 5.15 Å². The molecule has 0 aliphatic carbocycles. The Morgan fingerprint density at radius 3 is 2.94 bits per heavy atom. The molecule has 3 rings (SSSR count). The summed E-state index contributed by atoms with van der Waals surface area (Å²) in [6.45, 7) is 0. The molecule has 0 unspecified atom stereocenters. The lowest BCUT2D eigenvalue weighted by Gasteiger charge is -2.02. The van der Waals surface area contributed by atoms with Crippen molar-refractivity contribution in [1.82, 2.24) is 9.38 Å². The number of pyridine rings is 1. The Morgan fingerprint density at radius 2 is 2.18 bits per heavy atom. The first-order valence-electron chi connectivity index (χ1n) is 5.13. The van der Waals surface area contributed by atoms with Crippen LogP contribution in [0.15, 0.2) is 35.7 Å². The van der Waals surface area contributed by atoms with Crippen molar-refractivity contribution in [2.45, 2.75) is 6.42 Å². The quantitative estimate of drug-likeness (QED) is 0.771. The Kier molecular flexibility index (Phi) is 2.53. The number of imidazole rings is 1. The highest BCUT2D eigenvalue weighted by molar-refractivity contribution is 7.09. The van der Waals surface area contributed by atoms with Gasteiger partial charge in [-0.25, -0.2) is 4.98 Å². The van der Waals surface area contributed by atoms with E-state index in [0.29, 0.717) is 11.6 Å². The molecule has 0 spiro atoms. The summed E-state index contributed by atoms with van der Waals surface area (Å²) < 4.78 is 1.68. The highest BCUT2D eigenvalue weighted by Gasteiger charge is 2.12. The van der Waals surface area contributed by atoms with Crippen molar-refractivity contribution in [3.63, 3.8) is 0 Å². The summed E-state index contributed by atoms with van der Waals surface area (Å²) in [5.74, 6) is 0.916. The van der Waals surface area contributed by atoms with E-state index >= 15 is 0 Å². The number of nitrogens with zero attached hydrogens (tertiary/aromatic N) is 2. The molecular weight excluding hydrogens is 256 g/mol. The van der Waals surface area contributed by atoms with Crippen LogP contribution in [0.3, 0.4) is 0 Å². The van der Waals surface area contributed by atoms with Gasteiger partial charge in [0.2, 0.25) is 0 Å². The van der Waals surface area contributed by atoms with Crippen LogP contribution in [-0.4, -0.2) is 14.5 Å². The topological polar surface area (TPSA) is 37.5 Å². The summed E-state index contributed by atoms with van der Waals surface area (Å²) in [4.78, 5) is 5.49. The molecule has 1 N–H and O–H groups in total. The second-order valence-electron chi connectivity index (χ2n) is 3.68. The van der Waals surface area contributed by atoms with Gasteiger partial charge in [0, 0.05) is 11.3 Å². The zero-order chi connectivity index (χ0) is 11.8. The van der Waals surface area contributed by atoms with Crippen LogP contribution in [0.1, 0.15) is 10.7 Å². The minimum absolute atomic E-state index is 0.161. The van der Waals surface area contributed by atoms with Gasteiger partial charge in [-0.3, -0.25) is 4.40 Å². The lowest BCUT2D eigenvalue weighted by Crippen LogP contribution is -1.95. The molecule has 0 fully saturated rings. The predicted octanol–water partition coefficient (Wildman–Crippen LogP) is 3.35. The van der Waals surface area contributed by atoms with Gasteiger partial charge in [0.1, 0.15) is 5.82 Å². The Morgan fingerprint density at radius 1 is 1.29 bits per heavy atom. The summed E-state index contributed by atoms with van der Waals surface area (Å²) in [5, 5.41) is 12.3. The number of hydrogen-bond donors (Lipinski definition) is 1. The van der Waals surface area contributed by atoms with E-state index in [1.165, 1.54) is 4.88 Å². The van der Waals surface area contributed by atoms with Crippen LogP contribution in [-0.2, 0) is 6.42 Å². The van der Waals surface area contributed by atoms with Gasteiger partial charge >= 0.3 is 0 Å². The number of thiophene rings is 1. The van der Waals surface area contributed by atoms with Gasteiger partial charge in [-0.05, 0) is 23.6 Å². The molecule has 3 aromatic heterocycles. The summed E-state index contributed by atoms with van der Waals surface area (Å²) in [5.41, 5.74) is 0.734. The van der Waals surface area contributed by atoms with Crippen molar-refractivity contribution in [1.29, 1.82) is 0 Å². The minimum atomic E-state index is 0.161. The van der Waals surface area contributed by atoms with E-state index in [4.69, 9.17) is 11.6 Å². The van der Waals surface area contributed by atoms with Gasteiger partial charge in [0.25, 0.3) is 0 Å². The molecular formula is C12H9ClN2OS. The Bertz CT molecular complexity index is 661. The molecule has 17 heavy (non-hydrogen) atoms. The Labute approximate surface area is 107 Å². The molecule has 3 aromatic rings. The number of halogens is 1. The smallest absolute Gasteiger partial charge is 0.197 e. The highest BCUT2D eigenvalue weighted by Crippen LogP contribution is 2.25. The maximum Gasteiger partial charge on any atom is 0.197 e. The standard InChI is InChI=1S/C12H9ClN2OS/c13-12-9-4-1-5-11(16)15(9)10(14-12)7-8-3-2-6-17-8/h1-6,16H,7H2. The third-order valence-corrected chi connectivity index (χ3v) is 3.73. The zero-order valence-electron chi connectivity index (χ0n) is 8.80. The van der Waals surface area contributed by atoms with Crippen molar-refractivity contribution in [3.05, 3.63) is 51.6 Å². The Hall–Kier alpha value is -1.52. The molecule has 0 saturated carbocycles. The third-order valence-electron chi connectivity index (χ3n) is 2.58. The lowest BCUT2D eigenvalue weighted by molar-refractivity contribution is 0.443. The molecule has 86 valence electrons. The summed E-state index contributed by atoms with van der Waals surface area (Å²) in [7, 11) is 0. The fourth-order valence-electron chi connectivity index (χ4n) is 1.84. The molecule has 3 nitrogen and oxygen atoms in total. The first kappa shape index (κ1) is 10.6. The molecule has 0 amide bonds. The van der Waals surface area contributed by atoms with Crippen molar-refractivity contribution in [2.24, 2.45) is 0 Å².